The molecule has 3 heterocycles. The minimum atomic E-state index is -3.10. The molecule has 0 bridgehead atoms. The molecule has 0 aromatic heterocycles. The summed E-state index contributed by atoms with van der Waals surface area (Å²) in [5.41, 5.74) is 3.81. The molecule has 3 atom stereocenters. The molecule has 432 valence electrons. The Kier molecular flexibility index (Phi) is 25.7. The van der Waals surface area contributed by atoms with Crippen LogP contribution in [-0.2, 0) is 9.47 Å². The van der Waals surface area contributed by atoms with E-state index in [0.717, 1.165) is 0 Å². The number of nitriles is 3. The maximum Gasteiger partial charge on any atom is 0.412 e. The molecule has 78 heavy (non-hydrogen) atoms. The summed E-state index contributed by atoms with van der Waals surface area (Å²) in [7, 11) is 7.40. The van der Waals surface area contributed by atoms with Gasteiger partial charge < -0.3 is 58.7 Å². The second-order valence-corrected chi connectivity index (χ2v) is 21.3. The Bertz CT molecular complexity index is 2650. The van der Waals surface area contributed by atoms with Crippen LogP contribution < -0.4 is 44.8 Å². The molecule has 3 unspecified atom stereocenters. The minimum absolute atomic E-state index is 0. The summed E-state index contributed by atoms with van der Waals surface area (Å²) in [4.78, 5) is 25.1. The first-order chi connectivity index (χ1) is 35.8. The van der Waals surface area contributed by atoms with Crippen LogP contribution in [0.4, 0.5) is 41.6 Å². The van der Waals surface area contributed by atoms with Crippen LogP contribution >= 0.6 is 44.3 Å². The van der Waals surface area contributed by atoms with Gasteiger partial charge in [0, 0.05) is 41.3 Å². The van der Waals surface area contributed by atoms with Gasteiger partial charge in [0.1, 0.15) is 46.1 Å². The summed E-state index contributed by atoms with van der Waals surface area (Å²) in [5, 5.41) is 33.0. The molecule has 3 saturated heterocycles. The number of anilines is 1. The number of hydrogen-bond acceptors (Lipinski definition) is 16. The van der Waals surface area contributed by atoms with Crippen molar-refractivity contribution in [1.82, 2.24) is 15.1 Å². The first-order valence-corrected chi connectivity index (χ1v) is 25.2. The average Bonchev–Trinajstić information content (AvgIpc) is 3.30. The number of nitrogens with two attached hydrogens (primary N) is 1. The van der Waals surface area contributed by atoms with Crippen molar-refractivity contribution in [3.63, 3.8) is 0 Å². The number of primary amides is 1. The van der Waals surface area contributed by atoms with E-state index >= 15 is 0 Å². The molecule has 27 heteroatoms. The monoisotopic (exact) mass is 1260 g/mol. The SMILES string of the molecule is CC(C)(C)OC(N)=O.COc1ccc(Br)c(C#N)c1OC1CCN(C)CC1(F)F.COc1ccc(Br)c(C#N)c1OC1CCNCC1(F)F.COc1ccc(NC(=O)OC(C)(C)C)c(C#N)c1OC1CCN(C)CC1(F)F.Cl. The molecule has 0 radical (unpaired) electrons. The molecule has 18 nitrogen and oxygen atoms in total. The van der Waals surface area contributed by atoms with Crippen LogP contribution in [0.3, 0.4) is 0 Å². The number of nitrogens with one attached hydrogen (secondary N) is 2. The number of amides is 2. The van der Waals surface area contributed by atoms with Crippen molar-refractivity contribution in [2.45, 2.75) is 108 Å². The lowest BCUT2D eigenvalue weighted by Gasteiger charge is -2.36. The summed E-state index contributed by atoms with van der Waals surface area (Å²) < 4.78 is 127. The quantitative estimate of drug-likeness (QED) is 0.160. The number of rotatable bonds is 10. The maximum absolute atomic E-state index is 14.4. The van der Waals surface area contributed by atoms with Crippen molar-refractivity contribution in [2.75, 3.05) is 80.0 Å². The molecule has 0 saturated carbocycles. The Morgan fingerprint density at radius 3 is 1.33 bits per heavy atom. The van der Waals surface area contributed by atoms with Gasteiger partial charge in [0.15, 0.2) is 52.8 Å². The number of nitrogens with zero attached hydrogens (tertiary/aromatic N) is 5. The van der Waals surface area contributed by atoms with E-state index in [1.54, 1.807) is 84.8 Å². The third-order valence-electron chi connectivity index (χ3n) is 10.9. The standard InChI is InChI=1S/C19H25F2N3O4.C14H15BrF2N2O2.C13H13BrF2N2O2.C5H11NO2.ClH/c1-18(2,3)28-17(25)23-13-6-7-14(26-5)16(12(13)10-22)27-15-8-9-24(4)11-19(15,20)21;1-19-6-5-12(14(16,17)8-19)21-13-9(7-18)10(15)3-4-11(13)20-2;1-19-10-3-2-9(14)8(6-17)12(10)20-11-4-5-18-7-13(11,15)16;1-5(2,3)8-4(6)7;/h6-7,15H,8-9,11H2,1-5H3,(H,23,25);3-4,12H,5-6,8H2,1-2H3;2-3,11,18H,4-5,7H2,1H3;1-3H3,(H2,6,7);1H. The van der Waals surface area contributed by atoms with E-state index in [1.165, 1.54) is 38.4 Å². The van der Waals surface area contributed by atoms with Crippen molar-refractivity contribution in [3.8, 4) is 52.7 Å². The van der Waals surface area contributed by atoms with Crippen molar-refractivity contribution in [3.05, 3.63) is 62.0 Å². The summed E-state index contributed by atoms with van der Waals surface area (Å²) in [5.74, 6) is -8.43. The largest absolute Gasteiger partial charge is 0.493 e. The Labute approximate surface area is 473 Å². The zero-order valence-electron chi connectivity index (χ0n) is 44.9. The fourth-order valence-electron chi connectivity index (χ4n) is 7.47. The van der Waals surface area contributed by atoms with Crippen LogP contribution in [0.2, 0.25) is 0 Å². The second kappa shape index (κ2) is 29.4. The van der Waals surface area contributed by atoms with E-state index in [4.69, 9.17) is 44.2 Å². The third kappa shape index (κ3) is 20.1. The summed E-state index contributed by atoms with van der Waals surface area (Å²) in [6.45, 7) is 10.5. The van der Waals surface area contributed by atoms with E-state index in [-0.39, 0.29) is 95.1 Å². The fourth-order valence-corrected chi connectivity index (χ4v) is 8.27. The molecule has 0 spiro atoms. The highest BCUT2D eigenvalue weighted by molar-refractivity contribution is 9.10. The van der Waals surface area contributed by atoms with Gasteiger partial charge in [-0.2, -0.15) is 15.8 Å². The van der Waals surface area contributed by atoms with Gasteiger partial charge in [-0.25, -0.2) is 35.9 Å². The van der Waals surface area contributed by atoms with Crippen molar-refractivity contribution in [2.24, 2.45) is 5.73 Å². The van der Waals surface area contributed by atoms with Crippen molar-refractivity contribution in [1.29, 1.82) is 15.8 Å². The minimum Gasteiger partial charge on any atom is -0.493 e. The number of ether oxygens (including phenoxy) is 8. The first kappa shape index (κ1) is 68.3. The highest BCUT2D eigenvalue weighted by Gasteiger charge is 2.48. The number of benzene rings is 3. The van der Waals surface area contributed by atoms with Crippen LogP contribution in [-0.4, -0.2) is 144 Å². The molecule has 2 amide bonds. The number of carbonyl (C=O) groups is 2. The Hall–Kier alpha value is -5.82. The summed E-state index contributed by atoms with van der Waals surface area (Å²) in [6.07, 6.45) is -5.04. The van der Waals surface area contributed by atoms with Crippen molar-refractivity contribution < 1.29 is 73.8 Å². The summed E-state index contributed by atoms with van der Waals surface area (Å²) >= 11 is 6.43. The van der Waals surface area contributed by atoms with Gasteiger partial charge in [-0.15, -0.1) is 12.4 Å². The van der Waals surface area contributed by atoms with Gasteiger partial charge in [-0.05, 0) is 130 Å². The van der Waals surface area contributed by atoms with E-state index in [9.17, 15) is 46.5 Å². The van der Waals surface area contributed by atoms with E-state index in [1.807, 2.05) is 18.2 Å². The maximum atomic E-state index is 14.4. The molecular formula is C51H65Br2ClF6N8O10. The molecule has 3 aliphatic rings. The normalized spacial score (nSPS) is 19.3. The fraction of sp³-hybridized carbons (Fsp3) is 0.549. The molecule has 3 aromatic rings. The van der Waals surface area contributed by atoms with Gasteiger partial charge in [0.25, 0.3) is 17.8 Å². The smallest absolute Gasteiger partial charge is 0.412 e. The summed E-state index contributed by atoms with van der Waals surface area (Å²) in [6, 6.07) is 15.1. The molecule has 4 N–H and O–H groups in total. The molecule has 0 aliphatic carbocycles. The third-order valence-corrected chi connectivity index (χ3v) is 12.3. The van der Waals surface area contributed by atoms with Crippen LogP contribution in [0.1, 0.15) is 77.5 Å². The Balaban J connectivity index is 0.000000376. The van der Waals surface area contributed by atoms with Gasteiger partial charge in [0.2, 0.25) is 0 Å². The first-order valence-electron chi connectivity index (χ1n) is 23.6. The second-order valence-electron chi connectivity index (χ2n) is 19.5. The topological polar surface area (TPSA) is 236 Å². The van der Waals surface area contributed by atoms with Crippen LogP contribution in [0.25, 0.3) is 0 Å². The van der Waals surface area contributed by atoms with E-state index in [0.29, 0.717) is 28.6 Å². The predicted octanol–water partition coefficient (Wildman–Crippen LogP) is 10.7. The highest BCUT2D eigenvalue weighted by Crippen LogP contribution is 2.43. The van der Waals surface area contributed by atoms with Crippen LogP contribution in [0, 0.1) is 34.0 Å². The molecule has 6 rings (SSSR count). The number of piperidine rings is 3. The van der Waals surface area contributed by atoms with E-state index < -0.39 is 72.6 Å². The lowest BCUT2D eigenvalue weighted by Crippen LogP contribution is -2.52. The van der Waals surface area contributed by atoms with Crippen molar-refractivity contribution >= 4 is 62.1 Å². The van der Waals surface area contributed by atoms with Gasteiger partial charge in [-0.3, -0.25) is 5.32 Å². The van der Waals surface area contributed by atoms with Gasteiger partial charge >= 0.3 is 12.2 Å². The average molecular weight is 1260 g/mol. The predicted molar refractivity (Wildman–Crippen MR) is 286 cm³/mol. The van der Waals surface area contributed by atoms with Gasteiger partial charge in [0.05, 0.1) is 46.7 Å². The lowest BCUT2D eigenvalue weighted by atomic mass is 10.0. The molecule has 3 aliphatic heterocycles. The van der Waals surface area contributed by atoms with Crippen LogP contribution in [0.15, 0.2) is 45.3 Å². The number of alkyl halides is 6. The number of carbonyl (C=O) groups excluding carboxylic acids is 2. The highest BCUT2D eigenvalue weighted by atomic mass is 79.9. The Morgan fingerprint density at radius 1 is 0.641 bits per heavy atom. The molecule has 3 fully saturated rings. The van der Waals surface area contributed by atoms with Crippen LogP contribution in [0.5, 0.6) is 34.5 Å². The number of methoxy groups -OCH3 is 3. The zero-order valence-corrected chi connectivity index (χ0v) is 48.9. The number of hydrogen-bond donors (Lipinski definition) is 3. The van der Waals surface area contributed by atoms with Gasteiger partial charge in [-0.1, -0.05) is 0 Å². The molecule has 3 aromatic carbocycles. The number of halogens is 9. The van der Waals surface area contributed by atoms with E-state index in [2.05, 4.69) is 47.2 Å². The molecular weight excluding hydrogens is 1190 g/mol. The number of likely N-dealkylation sites (tertiary alicyclic amines) is 2. The zero-order chi connectivity index (χ0) is 58.3. The Morgan fingerprint density at radius 2 is 1.01 bits per heavy atom. The lowest BCUT2D eigenvalue weighted by molar-refractivity contribution is -0.135.